The van der Waals surface area contributed by atoms with Crippen LogP contribution in [0.3, 0.4) is 0 Å². The van der Waals surface area contributed by atoms with Crippen molar-refractivity contribution in [1.29, 1.82) is 0 Å². The fraction of sp³-hybridized carbons (Fsp3) is 0.795. The highest BCUT2D eigenvalue weighted by Gasteiger charge is 2.19. The molecule has 0 aromatic rings. The number of hydrogen-bond donors (Lipinski definition) is 0. The quantitative estimate of drug-likeness (QED) is 0.0261. The fourth-order valence-electron chi connectivity index (χ4n) is 10.1. The summed E-state index contributed by atoms with van der Waals surface area (Å²) in [6.07, 6.45) is 88.1. The molecule has 458 valence electrons. The monoisotopic (exact) mass is 1100 g/mol. The lowest BCUT2D eigenvalue weighted by molar-refractivity contribution is -0.167. The number of allylic oxidation sites excluding steroid dienone is 12. The number of hydrogen-bond acceptors (Lipinski definition) is 6. The van der Waals surface area contributed by atoms with E-state index in [1.807, 2.05) is 0 Å². The molecule has 0 aromatic heterocycles. The Morgan fingerprint density at radius 3 is 0.772 bits per heavy atom. The molecule has 0 fully saturated rings. The van der Waals surface area contributed by atoms with Gasteiger partial charge in [-0.2, -0.15) is 0 Å². The standard InChI is InChI=1S/C73H130O6/c1-4-7-10-13-16-18-20-22-24-26-28-30-32-34-35-36-37-39-40-42-44-46-48-50-52-54-57-60-63-66-72(75)78-69-70(68-77-71(74)65-62-59-56-15-12-9-6-3)79-73(76)67-64-61-58-55-53-51-49-47-45-43-41-38-33-31-29-27-25-23-21-19-17-14-11-8-5-2/h8,11,17,19-20,22-23,25-26,28-29,31,70H,4-7,9-10,12-16,18,21,24,27,30,32-69H2,1-3H3/b11-8-,19-17-,22-20-,25-23-,28-26-,31-29-. The molecular formula is C73H130O6. The van der Waals surface area contributed by atoms with E-state index in [2.05, 4.69) is 93.7 Å². The number of unbranched alkanes of at least 4 members (excludes halogenated alkanes) is 40. The highest BCUT2D eigenvalue weighted by Crippen LogP contribution is 2.18. The van der Waals surface area contributed by atoms with Crippen LogP contribution in [-0.4, -0.2) is 37.2 Å². The SMILES string of the molecule is CC/C=C\C/C=C\C/C=C\C/C=C\CCCCCCCCCCCCCCC(=O)OC(COC(=O)CCCCCCCCC)COC(=O)CCCCCCCCCCCCCCCCCCC/C=C\C/C=C\CCCCCCC. The highest BCUT2D eigenvalue weighted by molar-refractivity contribution is 5.71. The largest absolute Gasteiger partial charge is 0.462 e. The molecule has 0 amide bonds. The fourth-order valence-corrected chi connectivity index (χ4v) is 10.1. The van der Waals surface area contributed by atoms with E-state index in [0.717, 1.165) is 89.9 Å². The topological polar surface area (TPSA) is 78.9 Å². The van der Waals surface area contributed by atoms with Gasteiger partial charge in [0, 0.05) is 19.3 Å². The first-order chi connectivity index (χ1) is 39.0. The molecule has 0 saturated carbocycles. The average Bonchev–Trinajstić information content (AvgIpc) is 3.45. The zero-order valence-electron chi connectivity index (χ0n) is 52.6. The van der Waals surface area contributed by atoms with Crippen LogP contribution in [0.5, 0.6) is 0 Å². The highest BCUT2D eigenvalue weighted by atomic mass is 16.6. The number of carbonyl (C=O) groups excluding carboxylic acids is 3. The third kappa shape index (κ3) is 65.5. The molecule has 0 heterocycles. The van der Waals surface area contributed by atoms with Crippen LogP contribution in [-0.2, 0) is 28.6 Å². The first-order valence-electron chi connectivity index (χ1n) is 34.4. The number of rotatable bonds is 63. The van der Waals surface area contributed by atoms with E-state index in [9.17, 15) is 14.4 Å². The van der Waals surface area contributed by atoms with Crippen LogP contribution in [0.1, 0.15) is 355 Å². The summed E-state index contributed by atoms with van der Waals surface area (Å²) in [6.45, 7) is 6.52. The van der Waals surface area contributed by atoms with Gasteiger partial charge in [-0.1, -0.05) is 318 Å². The Labute approximate surface area is 491 Å². The third-order valence-corrected chi connectivity index (χ3v) is 15.2. The zero-order chi connectivity index (χ0) is 57.1. The van der Waals surface area contributed by atoms with Gasteiger partial charge in [-0.15, -0.1) is 0 Å². The molecular weight excluding hydrogens is 973 g/mol. The Balaban J connectivity index is 4.05. The maximum atomic E-state index is 12.9. The average molecular weight is 1100 g/mol. The van der Waals surface area contributed by atoms with Crippen molar-refractivity contribution in [1.82, 2.24) is 0 Å². The Morgan fingerprint density at radius 2 is 0.494 bits per heavy atom. The van der Waals surface area contributed by atoms with E-state index in [1.165, 1.54) is 225 Å². The Kier molecular flexibility index (Phi) is 64.7. The summed E-state index contributed by atoms with van der Waals surface area (Å²) < 4.78 is 16.9. The second-order valence-corrected chi connectivity index (χ2v) is 23.1. The summed E-state index contributed by atoms with van der Waals surface area (Å²) in [6, 6.07) is 0. The van der Waals surface area contributed by atoms with E-state index in [0.29, 0.717) is 19.3 Å². The molecule has 0 bridgehead atoms. The van der Waals surface area contributed by atoms with Gasteiger partial charge in [0.25, 0.3) is 0 Å². The summed E-state index contributed by atoms with van der Waals surface area (Å²) in [5.74, 6) is -0.863. The van der Waals surface area contributed by atoms with Gasteiger partial charge >= 0.3 is 17.9 Å². The van der Waals surface area contributed by atoms with Crippen LogP contribution in [0.15, 0.2) is 72.9 Å². The molecule has 1 unspecified atom stereocenters. The predicted molar refractivity (Wildman–Crippen MR) is 344 cm³/mol. The van der Waals surface area contributed by atoms with Gasteiger partial charge in [0.2, 0.25) is 0 Å². The predicted octanol–water partition coefficient (Wildman–Crippen LogP) is 23.7. The number of esters is 3. The molecule has 0 aliphatic rings. The van der Waals surface area contributed by atoms with Crippen molar-refractivity contribution in [2.24, 2.45) is 0 Å². The van der Waals surface area contributed by atoms with Crippen LogP contribution in [0.25, 0.3) is 0 Å². The normalized spacial score (nSPS) is 12.5. The minimum Gasteiger partial charge on any atom is -0.462 e. The first-order valence-corrected chi connectivity index (χ1v) is 34.4. The molecule has 0 spiro atoms. The van der Waals surface area contributed by atoms with Crippen molar-refractivity contribution >= 4 is 17.9 Å². The lowest BCUT2D eigenvalue weighted by Gasteiger charge is -2.18. The third-order valence-electron chi connectivity index (χ3n) is 15.2. The maximum absolute atomic E-state index is 12.9. The lowest BCUT2D eigenvalue weighted by Crippen LogP contribution is -2.30. The lowest BCUT2D eigenvalue weighted by atomic mass is 10.0. The number of ether oxygens (including phenoxy) is 3. The molecule has 0 aliphatic carbocycles. The molecule has 0 aliphatic heterocycles. The van der Waals surface area contributed by atoms with Crippen LogP contribution >= 0.6 is 0 Å². The van der Waals surface area contributed by atoms with Crippen LogP contribution < -0.4 is 0 Å². The van der Waals surface area contributed by atoms with Gasteiger partial charge in [0.15, 0.2) is 6.10 Å². The van der Waals surface area contributed by atoms with Crippen molar-refractivity contribution in [2.75, 3.05) is 13.2 Å². The van der Waals surface area contributed by atoms with E-state index in [4.69, 9.17) is 14.2 Å². The molecule has 6 nitrogen and oxygen atoms in total. The number of carbonyl (C=O) groups is 3. The molecule has 0 radical (unpaired) electrons. The molecule has 1 atom stereocenters. The molecule has 0 saturated heterocycles. The van der Waals surface area contributed by atoms with Crippen molar-refractivity contribution < 1.29 is 28.6 Å². The summed E-state index contributed by atoms with van der Waals surface area (Å²) in [4.78, 5) is 38.2. The van der Waals surface area contributed by atoms with E-state index >= 15 is 0 Å². The van der Waals surface area contributed by atoms with Gasteiger partial charge in [0.1, 0.15) is 13.2 Å². The second kappa shape index (κ2) is 67.4. The minimum absolute atomic E-state index is 0.0718. The molecule has 0 N–H and O–H groups in total. The molecule has 6 heteroatoms. The minimum atomic E-state index is -0.773. The maximum Gasteiger partial charge on any atom is 0.306 e. The summed E-state index contributed by atoms with van der Waals surface area (Å²) in [7, 11) is 0. The van der Waals surface area contributed by atoms with Crippen molar-refractivity contribution in [3.8, 4) is 0 Å². The Hall–Kier alpha value is -3.15. The second-order valence-electron chi connectivity index (χ2n) is 23.1. The summed E-state index contributed by atoms with van der Waals surface area (Å²) >= 11 is 0. The van der Waals surface area contributed by atoms with Gasteiger partial charge in [-0.05, 0) is 89.9 Å². The Bertz CT molecular complexity index is 1450. The van der Waals surface area contributed by atoms with Gasteiger partial charge in [0.05, 0.1) is 0 Å². The van der Waals surface area contributed by atoms with E-state index in [-0.39, 0.29) is 31.1 Å². The smallest absolute Gasteiger partial charge is 0.306 e. The summed E-state index contributed by atoms with van der Waals surface area (Å²) in [5, 5.41) is 0. The summed E-state index contributed by atoms with van der Waals surface area (Å²) in [5.41, 5.74) is 0. The van der Waals surface area contributed by atoms with Crippen molar-refractivity contribution in [3.63, 3.8) is 0 Å². The first kappa shape index (κ1) is 75.8. The van der Waals surface area contributed by atoms with Gasteiger partial charge < -0.3 is 14.2 Å². The van der Waals surface area contributed by atoms with Gasteiger partial charge in [-0.25, -0.2) is 0 Å². The molecule has 0 rings (SSSR count). The van der Waals surface area contributed by atoms with Crippen LogP contribution in [0.4, 0.5) is 0 Å². The van der Waals surface area contributed by atoms with Crippen LogP contribution in [0, 0.1) is 0 Å². The van der Waals surface area contributed by atoms with Crippen LogP contribution in [0.2, 0.25) is 0 Å². The van der Waals surface area contributed by atoms with Crippen molar-refractivity contribution in [2.45, 2.75) is 361 Å². The van der Waals surface area contributed by atoms with E-state index < -0.39 is 6.10 Å². The molecule has 0 aromatic carbocycles. The van der Waals surface area contributed by atoms with Gasteiger partial charge in [-0.3, -0.25) is 14.4 Å². The van der Waals surface area contributed by atoms with Crippen molar-refractivity contribution in [3.05, 3.63) is 72.9 Å². The van der Waals surface area contributed by atoms with E-state index in [1.54, 1.807) is 0 Å². The zero-order valence-corrected chi connectivity index (χ0v) is 52.6. The Morgan fingerprint density at radius 1 is 0.266 bits per heavy atom. The molecule has 79 heavy (non-hydrogen) atoms.